The minimum absolute atomic E-state index is 0.237. The maximum atomic E-state index is 9.17. The fourth-order valence-corrected chi connectivity index (χ4v) is 1.88. The number of aromatic nitrogens is 1. The van der Waals surface area contributed by atoms with Crippen molar-refractivity contribution in [3.8, 4) is 0 Å². The average Bonchev–Trinajstić information content (AvgIpc) is 2.34. The van der Waals surface area contributed by atoms with E-state index >= 15 is 0 Å². The summed E-state index contributed by atoms with van der Waals surface area (Å²) in [5, 5.41) is 14.9. The monoisotopic (exact) mass is 230 g/mol. The number of nitrogens with zero attached hydrogens (tertiary/aromatic N) is 1. The van der Waals surface area contributed by atoms with Crippen LogP contribution in [0.1, 0.15) is 18.9 Å². The second-order valence-electron chi connectivity index (χ2n) is 4.33. The van der Waals surface area contributed by atoms with E-state index in [1.807, 2.05) is 25.4 Å². The molecule has 17 heavy (non-hydrogen) atoms. The van der Waals surface area contributed by atoms with Crippen LogP contribution >= 0.6 is 0 Å². The second-order valence-corrected chi connectivity index (χ2v) is 4.33. The van der Waals surface area contributed by atoms with Crippen LogP contribution in [0.3, 0.4) is 0 Å². The molecule has 0 radical (unpaired) electrons. The maximum Gasteiger partial charge on any atom is 0.0524 e. The molecule has 1 aromatic carbocycles. The van der Waals surface area contributed by atoms with Gasteiger partial charge < -0.3 is 10.4 Å². The highest BCUT2D eigenvalue weighted by molar-refractivity contribution is 5.84. The van der Waals surface area contributed by atoms with Crippen molar-refractivity contribution in [3.63, 3.8) is 0 Å². The minimum atomic E-state index is -0.237. The van der Waals surface area contributed by atoms with Gasteiger partial charge in [0.2, 0.25) is 0 Å². The molecule has 3 nitrogen and oxygen atoms in total. The van der Waals surface area contributed by atoms with Gasteiger partial charge in [-0.3, -0.25) is 4.98 Å². The lowest BCUT2D eigenvalue weighted by Gasteiger charge is -2.09. The Morgan fingerprint density at radius 2 is 2.24 bits per heavy atom. The third-order valence-corrected chi connectivity index (χ3v) is 2.83. The molecule has 0 bridgehead atoms. The number of aliphatic hydroxyl groups excluding tert-OH is 1. The number of rotatable bonds is 5. The summed E-state index contributed by atoms with van der Waals surface area (Å²) in [6, 6.07) is 8.29. The molecule has 0 saturated heterocycles. The summed E-state index contributed by atoms with van der Waals surface area (Å²) in [7, 11) is 0. The van der Waals surface area contributed by atoms with E-state index in [1.165, 1.54) is 16.3 Å². The van der Waals surface area contributed by atoms with E-state index < -0.39 is 0 Å². The molecule has 0 fully saturated rings. The van der Waals surface area contributed by atoms with E-state index in [2.05, 4.69) is 28.5 Å². The van der Waals surface area contributed by atoms with Crippen LogP contribution < -0.4 is 5.32 Å². The summed E-state index contributed by atoms with van der Waals surface area (Å²) in [4.78, 5) is 4.12. The number of hydrogen-bond donors (Lipinski definition) is 2. The van der Waals surface area contributed by atoms with Gasteiger partial charge in [-0.25, -0.2) is 0 Å². The molecular formula is C14H18N2O. The molecule has 0 aliphatic carbocycles. The summed E-state index contributed by atoms with van der Waals surface area (Å²) in [6.45, 7) is 3.47. The molecular weight excluding hydrogens is 212 g/mol. The van der Waals surface area contributed by atoms with Crippen molar-refractivity contribution in [1.82, 2.24) is 10.3 Å². The van der Waals surface area contributed by atoms with Gasteiger partial charge in [-0.15, -0.1) is 0 Å². The topological polar surface area (TPSA) is 45.1 Å². The SMILES string of the molecule is CC(O)CCNCc1cccc2cnccc12. The highest BCUT2D eigenvalue weighted by Gasteiger charge is 2.00. The van der Waals surface area contributed by atoms with Gasteiger partial charge in [0, 0.05) is 24.3 Å². The van der Waals surface area contributed by atoms with E-state index in [0.29, 0.717) is 0 Å². The number of aliphatic hydroxyl groups is 1. The quantitative estimate of drug-likeness (QED) is 0.773. The summed E-state index contributed by atoms with van der Waals surface area (Å²) in [5.41, 5.74) is 1.27. The van der Waals surface area contributed by atoms with Gasteiger partial charge in [0.1, 0.15) is 0 Å². The Morgan fingerprint density at radius 3 is 3.06 bits per heavy atom. The van der Waals surface area contributed by atoms with Crippen LogP contribution in [0.5, 0.6) is 0 Å². The van der Waals surface area contributed by atoms with Crippen molar-refractivity contribution in [2.75, 3.05) is 6.54 Å². The van der Waals surface area contributed by atoms with E-state index in [1.54, 1.807) is 0 Å². The zero-order valence-corrected chi connectivity index (χ0v) is 10.1. The fourth-order valence-electron chi connectivity index (χ4n) is 1.88. The molecule has 2 N–H and O–H groups in total. The van der Waals surface area contributed by atoms with E-state index in [9.17, 15) is 5.11 Å². The Balaban J connectivity index is 2.03. The van der Waals surface area contributed by atoms with Crippen LogP contribution in [-0.2, 0) is 6.54 Å². The van der Waals surface area contributed by atoms with E-state index in [0.717, 1.165) is 19.5 Å². The lowest BCUT2D eigenvalue weighted by Crippen LogP contribution is -2.18. The molecule has 1 aromatic heterocycles. The first-order valence-electron chi connectivity index (χ1n) is 5.98. The van der Waals surface area contributed by atoms with Gasteiger partial charge in [0.15, 0.2) is 0 Å². The van der Waals surface area contributed by atoms with Crippen LogP contribution in [0.4, 0.5) is 0 Å². The van der Waals surface area contributed by atoms with Crippen molar-refractivity contribution in [3.05, 3.63) is 42.2 Å². The van der Waals surface area contributed by atoms with E-state index in [4.69, 9.17) is 0 Å². The summed E-state index contributed by atoms with van der Waals surface area (Å²) < 4.78 is 0. The second kappa shape index (κ2) is 5.75. The Morgan fingerprint density at radius 1 is 1.35 bits per heavy atom. The van der Waals surface area contributed by atoms with Crippen molar-refractivity contribution in [1.29, 1.82) is 0 Å². The molecule has 2 rings (SSSR count). The van der Waals surface area contributed by atoms with Crippen molar-refractivity contribution >= 4 is 10.8 Å². The van der Waals surface area contributed by atoms with Crippen LogP contribution in [0.15, 0.2) is 36.7 Å². The zero-order chi connectivity index (χ0) is 12.1. The lowest BCUT2D eigenvalue weighted by atomic mass is 10.1. The normalized spacial score (nSPS) is 12.8. The van der Waals surface area contributed by atoms with Gasteiger partial charge in [-0.05, 0) is 36.9 Å². The Kier molecular flexibility index (Phi) is 4.07. The number of benzene rings is 1. The predicted octanol–water partition coefficient (Wildman–Crippen LogP) is 2.10. The third kappa shape index (κ3) is 3.25. The van der Waals surface area contributed by atoms with Gasteiger partial charge in [-0.2, -0.15) is 0 Å². The van der Waals surface area contributed by atoms with E-state index in [-0.39, 0.29) is 6.10 Å². The molecule has 0 aliphatic heterocycles. The Labute approximate surface area is 102 Å². The number of hydrogen-bond acceptors (Lipinski definition) is 3. The van der Waals surface area contributed by atoms with Crippen LogP contribution in [-0.4, -0.2) is 22.7 Å². The minimum Gasteiger partial charge on any atom is -0.393 e. The molecule has 1 unspecified atom stereocenters. The smallest absolute Gasteiger partial charge is 0.0524 e. The van der Waals surface area contributed by atoms with Crippen LogP contribution in [0.2, 0.25) is 0 Å². The van der Waals surface area contributed by atoms with Gasteiger partial charge in [0.25, 0.3) is 0 Å². The van der Waals surface area contributed by atoms with Crippen molar-refractivity contribution in [2.45, 2.75) is 26.0 Å². The number of fused-ring (bicyclic) bond motifs is 1. The Hall–Kier alpha value is -1.45. The molecule has 0 saturated carbocycles. The highest BCUT2D eigenvalue weighted by atomic mass is 16.3. The molecule has 1 atom stereocenters. The van der Waals surface area contributed by atoms with Gasteiger partial charge in [-0.1, -0.05) is 18.2 Å². The molecule has 0 amide bonds. The first-order chi connectivity index (χ1) is 8.27. The molecule has 0 aliphatic rings. The molecule has 0 spiro atoms. The molecule has 1 heterocycles. The highest BCUT2D eigenvalue weighted by Crippen LogP contribution is 2.16. The Bertz CT molecular complexity index is 477. The average molecular weight is 230 g/mol. The summed E-state index contributed by atoms with van der Waals surface area (Å²) in [6.07, 6.45) is 4.25. The first kappa shape index (κ1) is 12.0. The van der Waals surface area contributed by atoms with Crippen molar-refractivity contribution < 1.29 is 5.11 Å². The third-order valence-electron chi connectivity index (χ3n) is 2.83. The first-order valence-corrected chi connectivity index (χ1v) is 5.98. The van der Waals surface area contributed by atoms with Gasteiger partial charge >= 0.3 is 0 Å². The molecule has 3 heteroatoms. The summed E-state index contributed by atoms with van der Waals surface area (Å²) >= 11 is 0. The largest absolute Gasteiger partial charge is 0.393 e. The predicted molar refractivity (Wildman–Crippen MR) is 69.7 cm³/mol. The number of pyridine rings is 1. The number of nitrogens with one attached hydrogen (secondary N) is 1. The lowest BCUT2D eigenvalue weighted by molar-refractivity contribution is 0.183. The van der Waals surface area contributed by atoms with Crippen molar-refractivity contribution in [2.24, 2.45) is 0 Å². The zero-order valence-electron chi connectivity index (χ0n) is 10.1. The standard InChI is InChI=1S/C14H18N2O/c1-11(17)5-7-15-9-12-3-2-4-13-10-16-8-6-14(12)13/h2-4,6,8,10-11,15,17H,5,7,9H2,1H3. The van der Waals surface area contributed by atoms with Gasteiger partial charge in [0.05, 0.1) is 6.10 Å². The van der Waals surface area contributed by atoms with Crippen LogP contribution in [0, 0.1) is 0 Å². The maximum absolute atomic E-state index is 9.17. The van der Waals surface area contributed by atoms with Crippen LogP contribution in [0.25, 0.3) is 10.8 Å². The molecule has 2 aromatic rings. The summed E-state index contributed by atoms with van der Waals surface area (Å²) in [5.74, 6) is 0. The molecule has 90 valence electrons. The fraction of sp³-hybridized carbons (Fsp3) is 0.357.